The van der Waals surface area contributed by atoms with Crippen LogP contribution in [-0.4, -0.2) is 102 Å². The van der Waals surface area contributed by atoms with E-state index in [1.54, 1.807) is 11.9 Å². The van der Waals surface area contributed by atoms with Crippen LogP contribution in [-0.2, 0) is 4.79 Å². The molecule has 0 spiro atoms. The van der Waals surface area contributed by atoms with Crippen LogP contribution in [0.15, 0.2) is 29.3 Å². The van der Waals surface area contributed by atoms with Gasteiger partial charge in [0.05, 0.1) is 13.2 Å². The number of rotatable bonds is 6. The van der Waals surface area contributed by atoms with Gasteiger partial charge in [-0.15, -0.1) is 0 Å². The minimum atomic E-state index is -0.526. The second-order valence-corrected chi connectivity index (χ2v) is 8.68. The molecule has 5 rings (SSSR count). The Morgan fingerprint density at radius 3 is 2.53 bits per heavy atom. The molecule has 1 atom stereocenters. The van der Waals surface area contributed by atoms with Crippen molar-refractivity contribution >= 4 is 29.4 Å². The first-order valence-corrected chi connectivity index (χ1v) is 11.6. The molecule has 4 aliphatic rings. The number of nitrogens with zero attached hydrogens (tertiary/aromatic N) is 6. The summed E-state index contributed by atoms with van der Waals surface area (Å²) in [4.78, 5) is 38.6. The van der Waals surface area contributed by atoms with E-state index in [1.807, 2.05) is 35.8 Å². The van der Waals surface area contributed by atoms with Gasteiger partial charge in [-0.3, -0.25) is 14.6 Å². The number of amidine groups is 1. The topological polar surface area (TPSA) is 71.7 Å². The van der Waals surface area contributed by atoms with Crippen molar-refractivity contribution < 1.29 is 18.9 Å². The summed E-state index contributed by atoms with van der Waals surface area (Å²) in [5, 5.41) is 0. The van der Waals surface area contributed by atoms with Gasteiger partial charge < -0.3 is 9.64 Å². The van der Waals surface area contributed by atoms with Gasteiger partial charge in [0, 0.05) is 20.1 Å². The Morgan fingerprint density at radius 1 is 1.06 bits per heavy atom. The van der Waals surface area contributed by atoms with E-state index in [9.17, 15) is 9.59 Å². The molecular formula is C23H31N6O3+. The molecule has 3 amide bonds. The summed E-state index contributed by atoms with van der Waals surface area (Å²) >= 11 is 0. The number of likely N-dealkylation sites (tertiary alicyclic amines) is 1. The fourth-order valence-corrected chi connectivity index (χ4v) is 5.02. The van der Waals surface area contributed by atoms with Gasteiger partial charge in [0.15, 0.2) is 0 Å². The second-order valence-electron chi connectivity index (χ2n) is 8.68. The zero-order valence-corrected chi connectivity index (χ0v) is 18.9. The summed E-state index contributed by atoms with van der Waals surface area (Å²) in [5.74, 6) is 1.93. The van der Waals surface area contributed by atoms with Crippen molar-refractivity contribution in [1.29, 1.82) is 0 Å². The number of benzene rings is 1. The molecule has 0 aromatic heterocycles. The number of piperidine rings is 1. The summed E-state index contributed by atoms with van der Waals surface area (Å²) in [6, 6.07) is 7.09. The molecule has 0 bridgehead atoms. The predicted molar refractivity (Wildman–Crippen MR) is 121 cm³/mol. The summed E-state index contributed by atoms with van der Waals surface area (Å²) in [5.41, 5.74) is 0.998. The first-order chi connectivity index (χ1) is 15.6. The Hall–Kier alpha value is -2.94. The number of hydrogen-bond acceptors (Lipinski definition) is 6. The molecule has 9 heteroatoms. The molecule has 1 unspecified atom stereocenters. The third-order valence-electron chi connectivity index (χ3n) is 6.74. The van der Waals surface area contributed by atoms with Gasteiger partial charge in [0.25, 0.3) is 5.91 Å². The third-order valence-corrected chi connectivity index (χ3v) is 6.74. The van der Waals surface area contributed by atoms with E-state index < -0.39 is 6.04 Å². The van der Waals surface area contributed by atoms with E-state index in [2.05, 4.69) is 9.80 Å². The Morgan fingerprint density at radius 2 is 1.81 bits per heavy atom. The molecule has 2 saturated heterocycles. The van der Waals surface area contributed by atoms with Gasteiger partial charge in [-0.25, -0.2) is 14.3 Å². The summed E-state index contributed by atoms with van der Waals surface area (Å²) < 4.78 is 7.58. The molecule has 170 valence electrons. The maximum Gasteiger partial charge on any atom is 0.397 e. The molecular weight excluding hydrogens is 408 g/mol. The number of carbonyl (C=O) groups is 2. The maximum absolute atomic E-state index is 13.4. The second kappa shape index (κ2) is 8.54. The molecule has 2 fully saturated rings. The number of fused-ring (bicyclic) bond motifs is 2. The van der Waals surface area contributed by atoms with Crippen LogP contribution in [0.3, 0.4) is 0 Å². The van der Waals surface area contributed by atoms with Gasteiger partial charge in [-0.1, -0.05) is 11.4 Å². The Labute approximate surface area is 188 Å². The third kappa shape index (κ3) is 3.54. The van der Waals surface area contributed by atoms with E-state index in [4.69, 9.17) is 9.73 Å². The number of hydrogen-bond donors (Lipinski definition) is 0. The van der Waals surface area contributed by atoms with Crippen LogP contribution in [0.5, 0.6) is 5.75 Å². The van der Waals surface area contributed by atoms with Crippen LogP contribution in [0.25, 0.3) is 0 Å². The lowest BCUT2D eigenvalue weighted by Gasteiger charge is -2.35. The monoisotopic (exact) mass is 439 g/mol. The Balaban J connectivity index is 1.35. The molecule has 0 N–H and O–H groups in total. The van der Waals surface area contributed by atoms with Crippen LogP contribution in [0.1, 0.15) is 26.2 Å². The van der Waals surface area contributed by atoms with Crippen LogP contribution < -0.4 is 9.64 Å². The van der Waals surface area contributed by atoms with Crippen LogP contribution >= 0.6 is 0 Å². The molecule has 4 heterocycles. The zero-order chi connectivity index (χ0) is 22.2. The number of ether oxygens (including phenoxy) is 1. The van der Waals surface area contributed by atoms with Crippen molar-refractivity contribution in [3.8, 4) is 5.75 Å². The van der Waals surface area contributed by atoms with Gasteiger partial charge in [-0.05, 0) is 57.1 Å². The highest BCUT2D eigenvalue weighted by Crippen LogP contribution is 2.28. The van der Waals surface area contributed by atoms with Crippen LogP contribution in [0.4, 0.5) is 10.5 Å². The number of urea groups is 1. The first kappa shape index (κ1) is 20.9. The van der Waals surface area contributed by atoms with Crippen LogP contribution in [0.2, 0.25) is 0 Å². The van der Waals surface area contributed by atoms with E-state index >= 15 is 0 Å². The SMILES string of the molecule is CCOc1ccc(N2CC[N+]3=C2N=C2C3C(=O)N(CCN3CCCCC3)C(=O)N2C)cc1. The normalized spacial score (nSPS) is 23.6. The van der Waals surface area contributed by atoms with Crippen molar-refractivity contribution in [2.75, 3.05) is 57.8 Å². The summed E-state index contributed by atoms with van der Waals surface area (Å²) in [7, 11) is 1.72. The van der Waals surface area contributed by atoms with Gasteiger partial charge in [-0.2, -0.15) is 0 Å². The highest BCUT2D eigenvalue weighted by Gasteiger charge is 2.55. The van der Waals surface area contributed by atoms with Crippen molar-refractivity contribution in [3.05, 3.63) is 24.3 Å². The quantitative estimate of drug-likeness (QED) is 0.628. The summed E-state index contributed by atoms with van der Waals surface area (Å²) in [6.07, 6.45) is 3.64. The van der Waals surface area contributed by atoms with Gasteiger partial charge >= 0.3 is 12.0 Å². The average molecular weight is 440 g/mol. The number of carbonyl (C=O) groups excluding carboxylic acids is 2. The fraction of sp³-hybridized carbons (Fsp3) is 0.565. The lowest BCUT2D eigenvalue weighted by molar-refractivity contribution is -0.525. The first-order valence-electron chi connectivity index (χ1n) is 11.6. The van der Waals surface area contributed by atoms with E-state index in [0.717, 1.165) is 43.6 Å². The number of anilines is 1. The van der Waals surface area contributed by atoms with Crippen molar-refractivity contribution in [2.24, 2.45) is 4.99 Å². The number of guanidine groups is 1. The standard InChI is InChI=1S/C23H31N6O3/c1-3-32-18-9-7-17(8-10-18)27-15-16-28-19-20(24-22(27)28)25(2)23(31)29(21(19)30)14-13-26-11-5-4-6-12-26/h7-10,19H,3-6,11-16H2,1-2H3/q+1. The number of imide groups is 1. The lowest BCUT2D eigenvalue weighted by Crippen LogP contribution is -2.63. The molecule has 0 radical (unpaired) electrons. The minimum Gasteiger partial charge on any atom is -0.494 e. The zero-order valence-electron chi connectivity index (χ0n) is 18.9. The minimum absolute atomic E-state index is 0.160. The van der Waals surface area contributed by atoms with E-state index in [-0.39, 0.29) is 11.9 Å². The molecule has 0 saturated carbocycles. The largest absolute Gasteiger partial charge is 0.494 e. The molecule has 4 aliphatic heterocycles. The number of aliphatic imine (C=N–C) groups is 1. The van der Waals surface area contributed by atoms with Crippen LogP contribution in [0, 0.1) is 0 Å². The van der Waals surface area contributed by atoms with E-state index in [1.165, 1.54) is 24.2 Å². The molecule has 32 heavy (non-hydrogen) atoms. The van der Waals surface area contributed by atoms with Crippen molar-refractivity contribution in [1.82, 2.24) is 14.7 Å². The molecule has 1 aromatic carbocycles. The molecule has 9 nitrogen and oxygen atoms in total. The Bertz CT molecular complexity index is 966. The molecule has 1 aromatic rings. The smallest absolute Gasteiger partial charge is 0.397 e. The Kier molecular flexibility index (Phi) is 5.58. The van der Waals surface area contributed by atoms with Crippen molar-refractivity contribution in [3.63, 3.8) is 0 Å². The average Bonchev–Trinajstić information content (AvgIpc) is 3.39. The van der Waals surface area contributed by atoms with E-state index in [0.29, 0.717) is 25.5 Å². The highest BCUT2D eigenvalue weighted by atomic mass is 16.5. The summed E-state index contributed by atoms with van der Waals surface area (Å²) in [6.45, 7) is 7.27. The van der Waals surface area contributed by atoms with Crippen molar-refractivity contribution in [2.45, 2.75) is 32.2 Å². The number of likely N-dealkylation sites (N-methyl/N-ethyl adjacent to an activating group) is 1. The van der Waals surface area contributed by atoms with Gasteiger partial charge in [0.2, 0.25) is 11.9 Å². The fourth-order valence-electron chi connectivity index (χ4n) is 5.02. The molecule has 0 aliphatic carbocycles. The maximum atomic E-state index is 13.4. The lowest BCUT2D eigenvalue weighted by atomic mass is 10.1. The predicted octanol–water partition coefficient (Wildman–Crippen LogP) is 1.43. The highest BCUT2D eigenvalue weighted by molar-refractivity contribution is 6.24. The van der Waals surface area contributed by atoms with Gasteiger partial charge in [0.1, 0.15) is 18.0 Å². The number of amides is 3.